The lowest BCUT2D eigenvalue weighted by Crippen LogP contribution is -2.33. The van der Waals surface area contributed by atoms with Gasteiger partial charge in [-0.1, -0.05) is 68.4 Å². The van der Waals surface area contributed by atoms with Crippen molar-refractivity contribution in [1.82, 2.24) is 20.6 Å². The molecular formula is C26H23N5O. The van der Waals surface area contributed by atoms with Crippen molar-refractivity contribution >= 4 is 27.8 Å². The van der Waals surface area contributed by atoms with E-state index in [1.165, 1.54) is 21.9 Å². The Bertz CT molecular complexity index is 1380. The number of Topliss-reactive ketones (excluding diaryl/α,β-unsaturated/α-hetero) is 1. The topological polar surface area (TPSA) is 83.6 Å². The number of nitrogens with one attached hydrogen (secondary N) is 2. The lowest BCUT2D eigenvalue weighted by molar-refractivity contribution is -0.118. The van der Waals surface area contributed by atoms with Crippen LogP contribution < -0.4 is 5.32 Å². The Hall–Kier alpha value is -3.80. The fourth-order valence-corrected chi connectivity index (χ4v) is 5.20. The van der Waals surface area contributed by atoms with Crippen LogP contribution in [0.25, 0.3) is 27.7 Å². The number of aromatic nitrogens is 4. The SMILES string of the molecule is CC1(C)CC(=O)C2=C(C1)c1c(ccc3ccccc13)NC2c1ccc(-c2nn[nH]n2)cc1. The van der Waals surface area contributed by atoms with Gasteiger partial charge in [0, 0.05) is 28.8 Å². The number of benzene rings is 3. The number of tetrazole rings is 1. The summed E-state index contributed by atoms with van der Waals surface area (Å²) >= 11 is 0. The molecule has 0 bridgehead atoms. The molecule has 2 aliphatic rings. The average Bonchev–Trinajstić information content (AvgIpc) is 3.32. The molecular weight excluding hydrogens is 398 g/mol. The van der Waals surface area contributed by atoms with Crippen LogP contribution in [0.1, 0.15) is 43.9 Å². The van der Waals surface area contributed by atoms with E-state index in [1.807, 2.05) is 24.3 Å². The zero-order valence-electron chi connectivity index (χ0n) is 18.0. The van der Waals surface area contributed by atoms with Gasteiger partial charge < -0.3 is 5.32 Å². The predicted octanol–water partition coefficient (Wildman–Crippen LogP) is 5.33. The Balaban J connectivity index is 1.53. The summed E-state index contributed by atoms with van der Waals surface area (Å²) in [5, 5.41) is 20.3. The largest absolute Gasteiger partial charge is 0.373 e. The smallest absolute Gasteiger partial charge is 0.204 e. The molecule has 2 N–H and O–H groups in total. The Morgan fingerprint density at radius 1 is 0.969 bits per heavy atom. The van der Waals surface area contributed by atoms with Gasteiger partial charge in [0.25, 0.3) is 0 Å². The van der Waals surface area contributed by atoms with E-state index in [4.69, 9.17) is 0 Å². The van der Waals surface area contributed by atoms with E-state index in [0.29, 0.717) is 12.2 Å². The summed E-state index contributed by atoms with van der Waals surface area (Å²) in [7, 11) is 0. The number of hydrogen-bond donors (Lipinski definition) is 2. The van der Waals surface area contributed by atoms with Crippen LogP contribution in [0.5, 0.6) is 0 Å². The maximum atomic E-state index is 13.5. The van der Waals surface area contributed by atoms with Crippen molar-refractivity contribution in [2.75, 3.05) is 5.32 Å². The average molecular weight is 422 g/mol. The van der Waals surface area contributed by atoms with E-state index < -0.39 is 0 Å². The van der Waals surface area contributed by atoms with E-state index in [2.05, 4.69) is 76.2 Å². The van der Waals surface area contributed by atoms with Gasteiger partial charge in [-0.2, -0.15) is 5.21 Å². The first-order valence-corrected chi connectivity index (χ1v) is 10.9. The highest BCUT2D eigenvalue weighted by Crippen LogP contribution is 2.52. The second-order valence-electron chi connectivity index (χ2n) is 9.48. The van der Waals surface area contributed by atoms with Crippen molar-refractivity contribution < 1.29 is 4.79 Å². The molecule has 6 heteroatoms. The summed E-state index contributed by atoms with van der Waals surface area (Å²) in [6, 6.07) is 20.6. The normalized spacial score (nSPS) is 19.4. The van der Waals surface area contributed by atoms with Crippen LogP contribution in [-0.4, -0.2) is 26.4 Å². The lowest BCUT2D eigenvalue weighted by Gasteiger charge is -2.40. The lowest BCUT2D eigenvalue weighted by atomic mass is 9.68. The Morgan fingerprint density at radius 3 is 2.56 bits per heavy atom. The molecule has 1 atom stereocenters. The van der Waals surface area contributed by atoms with Crippen LogP contribution in [0.4, 0.5) is 5.69 Å². The maximum Gasteiger partial charge on any atom is 0.204 e. The number of hydrogen-bond acceptors (Lipinski definition) is 5. The Kier molecular flexibility index (Phi) is 4.05. The van der Waals surface area contributed by atoms with Gasteiger partial charge >= 0.3 is 0 Å². The first-order valence-electron chi connectivity index (χ1n) is 10.9. The first kappa shape index (κ1) is 18.9. The molecule has 6 rings (SSSR count). The molecule has 0 radical (unpaired) electrons. The molecule has 2 heterocycles. The predicted molar refractivity (Wildman–Crippen MR) is 125 cm³/mol. The third kappa shape index (κ3) is 2.94. The second kappa shape index (κ2) is 6.85. The first-order chi connectivity index (χ1) is 15.5. The molecule has 3 aromatic carbocycles. The number of ketones is 1. The van der Waals surface area contributed by atoms with Crippen LogP contribution >= 0.6 is 0 Å². The minimum absolute atomic E-state index is 0.0610. The molecule has 0 amide bonds. The third-order valence-corrected chi connectivity index (χ3v) is 6.59. The molecule has 1 aliphatic heterocycles. The van der Waals surface area contributed by atoms with E-state index in [9.17, 15) is 4.79 Å². The summed E-state index contributed by atoms with van der Waals surface area (Å²) in [5.41, 5.74) is 6.23. The number of carbonyl (C=O) groups is 1. The van der Waals surface area contributed by atoms with Crippen molar-refractivity contribution in [2.45, 2.75) is 32.7 Å². The number of nitrogens with zero attached hydrogens (tertiary/aromatic N) is 3. The number of anilines is 1. The maximum absolute atomic E-state index is 13.5. The van der Waals surface area contributed by atoms with Crippen LogP contribution in [0, 0.1) is 5.41 Å². The standard InChI is InChI=1S/C26H23N5O/c1-26(2)13-19-22-18-6-4-3-5-15(18)11-12-20(22)27-24(23(19)21(32)14-26)16-7-9-17(10-8-16)25-28-30-31-29-25/h3-12,24,27H,13-14H2,1-2H3,(H,28,29,30,31). The van der Waals surface area contributed by atoms with Crippen molar-refractivity contribution in [3.05, 3.63) is 77.4 Å². The fraction of sp³-hybridized carbons (Fsp3) is 0.231. The van der Waals surface area contributed by atoms with Crippen molar-refractivity contribution in [2.24, 2.45) is 5.41 Å². The minimum Gasteiger partial charge on any atom is -0.373 e. The molecule has 32 heavy (non-hydrogen) atoms. The number of rotatable bonds is 2. The van der Waals surface area contributed by atoms with E-state index in [1.54, 1.807) is 0 Å². The number of fused-ring (bicyclic) bond motifs is 4. The molecule has 0 saturated heterocycles. The van der Waals surface area contributed by atoms with Gasteiger partial charge in [-0.15, -0.1) is 10.2 Å². The number of carbonyl (C=O) groups excluding carboxylic acids is 1. The Labute approximate surface area is 185 Å². The second-order valence-corrected chi connectivity index (χ2v) is 9.48. The minimum atomic E-state index is -0.179. The zero-order chi connectivity index (χ0) is 21.9. The molecule has 1 unspecified atom stereocenters. The summed E-state index contributed by atoms with van der Waals surface area (Å²) in [6.07, 6.45) is 1.44. The monoisotopic (exact) mass is 421 g/mol. The fourth-order valence-electron chi connectivity index (χ4n) is 5.20. The van der Waals surface area contributed by atoms with Crippen LogP contribution in [0.3, 0.4) is 0 Å². The highest BCUT2D eigenvalue weighted by atomic mass is 16.1. The van der Waals surface area contributed by atoms with Gasteiger partial charge in [0.2, 0.25) is 5.82 Å². The molecule has 0 fully saturated rings. The van der Waals surface area contributed by atoms with Crippen molar-refractivity contribution in [3.63, 3.8) is 0 Å². The number of allylic oxidation sites excluding steroid dienone is 1. The van der Waals surface area contributed by atoms with Gasteiger partial charge in [-0.25, -0.2) is 0 Å². The van der Waals surface area contributed by atoms with Gasteiger partial charge in [-0.3, -0.25) is 4.79 Å². The highest BCUT2D eigenvalue weighted by Gasteiger charge is 2.40. The molecule has 0 saturated carbocycles. The van der Waals surface area contributed by atoms with Gasteiger partial charge in [-0.05, 0) is 45.0 Å². The van der Waals surface area contributed by atoms with E-state index in [0.717, 1.165) is 28.8 Å². The summed E-state index contributed by atoms with van der Waals surface area (Å²) < 4.78 is 0. The van der Waals surface area contributed by atoms with Crippen molar-refractivity contribution in [3.8, 4) is 11.4 Å². The molecule has 1 aromatic heterocycles. The number of aromatic amines is 1. The molecule has 4 aromatic rings. The summed E-state index contributed by atoms with van der Waals surface area (Å²) in [4.78, 5) is 13.5. The molecule has 6 nitrogen and oxygen atoms in total. The van der Waals surface area contributed by atoms with Crippen LogP contribution in [-0.2, 0) is 4.79 Å². The number of H-pyrrole nitrogens is 1. The highest BCUT2D eigenvalue weighted by molar-refractivity contribution is 6.12. The van der Waals surface area contributed by atoms with E-state index in [-0.39, 0.29) is 17.2 Å². The molecule has 158 valence electrons. The van der Waals surface area contributed by atoms with Crippen LogP contribution in [0.15, 0.2) is 66.2 Å². The van der Waals surface area contributed by atoms with Gasteiger partial charge in [0.15, 0.2) is 5.78 Å². The van der Waals surface area contributed by atoms with Gasteiger partial charge in [0.05, 0.1) is 6.04 Å². The third-order valence-electron chi connectivity index (χ3n) is 6.59. The summed E-state index contributed by atoms with van der Waals surface area (Å²) in [5.74, 6) is 0.787. The summed E-state index contributed by atoms with van der Waals surface area (Å²) in [6.45, 7) is 4.38. The molecule has 0 spiro atoms. The van der Waals surface area contributed by atoms with Crippen molar-refractivity contribution in [1.29, 1.82) is 0 Å². The van der Waals surface area contributed by atoms with E-state index >= 15 is 0 Å². The van der Waals surface area contributed by atoms with Gasteiger partial charge in [0.1, 0.15) is 0 Å². The molecule has 1 aliphatic carbocycles. The van der Waals surface area contributed by atoms with Crippen LogP contribution in [0.2, 0.25) is 0 Å². The quantitative estimate of drug-likeness (QED) is 0.457. The Morgan fingerprint density at radius 2 is 1.78 bits per heavy atom. The zero-order valence-corrected chi connectivity index (χ0v) is 18.0.